The number of nitrogens with one attached hydrogen (secondary N) is 2. The van der Waals surface area contributed by atoms with Gasteiger partial charge in [0.2, 0.25) is 17.7 Å². The number of carbonyl (C=O) groups is 2. The van der Waals surface area contributed by atoms with Gasteiger partial charge in [0.15, 0.2) is 5.82 Å². The van der Waals surface area contributed by atoms with E-state index < -0.39 is 6.61 Å². The maximum atomic E-state index is 12.3. The highest BCUT2D eigenvalue weighted by molar-refractivity contribution is 5.77. The molecule has 1 aromatic heterocycles. The average Bonchev–Trinajstić information content (AvgIpc) is 3.39. The van der Waals surface area contributed by atoms with Gasteiger partial charge in [0.1, 0.15) is 6.61 Å². The summed E-state index contributed by atoms with van der Waals surface area (Å²) >= 11 is 0. The monoisotopic (exact) mass is 364 g/mol. The summed E-state index contributed by atoms with van der Waals surface area (Å²) in [6, 6.07) is 0.0834. The molecule has 2 aliphatic rings. The summed E-state index contributed by atoms with van der Waals surface area (Å²) in [6.07, 6.45) is 8.10. The van der Waals surface area contributed by atoms with Gasteiger partial charge in [-0.2, -0.15) is 4.98 Å². The maximum Gasteiger partial charge on any atom is 0.245 e. The number of aryl methyl sites for hydroxylation is 1. The maximum absolute atomic E-state index is 12.3. The van der Waals surface area contributed by atoms with Crippen molar-refractivity contribution in [2.24, 2.45) is 5.92 Å². The number of hydrogen-bond donors (Lipinski definition) is 3. The van der Waals surface area contributed by atoms with Crippen LogP contribution in [0, 0.1) is 5.92 Å². The van der Waals surface area contributed by atoms with E-state index in [1.165, 1.54) is 0 Å². The SMILES string of the molecule is O=C(CO)NCC1CCCCC1NC(=O)CCCc1nc(C2CC2)no1. The van der Waals surface area contributed by atoms with Crippen LogP contribution in [0.25, 0.3) is 0 Å². The lowest BCUT2D eigenvalue weighted by atomic mass is 9.84. The molecule has 26 heavy (non-hydrogen) atoms. The predicted octanol–water partition coefficient (Wildman–Crippen LogP) is 1.05. The van der Waals surface area contributed by atoms with E-state index in [0.29, 0.717) is 37.6 Å². The van der Waals surface area contributed by atoms with Crippen LogP contribution in [0.1, 0.15) is 69.0 Å². The van der Waals surface area contributed by atoms with Crippen LogP contribution in [0.4, 0.5) is 0 Å². The minimum Gasteiger partial charge on any atom is -0.387 e. The van der Waals surface area contributed by atoms with Crippen LogP contribution in [0.15, 0.2) is 4.52 Å². The van der Waals surface area contributed by atoms with Gasteiger partial charge in [-0.05, 0) is 38.0 Å². The molecule has 0 saturated heterocycles. The molecule has 2 atom stereocenters. The van der Waals surface area contributed by atoms with E-state index >= 15 is 0 Å². The topological polar surface area (TPSA) is 117 Å². The summed E-state index contributed by atoms with van der Waals surface area (Å²) in [5.41, 5.74) is 0. The number of amides is 2. The summed E-state index contributed by atoms with van der Waals surface area (Å²) in [5, 5.41) is 18.6. The van der Waals surface area contributed by atoms with Gasteiger partial charge in [-0.1, -0.05) is 18.0 Å². The molecule has 2 unspecified atom stereocenters. The third-order valence-corrected chi connectivity index (χ3v) is 5.18. The lowest BCUT2D eigenvalue weighted by molar-refractivity contribution is -0.124. The van der Waals surface area contributed by atoms with Gasteiger partial charge in [0.25, 0.3) is 0 Å². The van der Waals surface area contributed by atoms with E-state index in [2.05, 4.69) is 20.8 Å². The first-order valence-corrected chi connectivity index (χ1v) is 9.65. The van der Waals surface area contributed by atoms with E-state index in [1.807, 2.05) is 0 Å². The molecule has 2 fully saturated rings. The lowest BCUT2D eigenvalue weighted by Gasteiger charge is -2.32. The Hall–Kier alpha value is -1.96. The minimum absolute atomic E-state index is 0.0253. The molecular formula is C18H28N4O4. The zero-order valence-corrected chi connectivity index (χ0v) is 15.1. The number of aromatic nitrogens is 2. The van der Waals surface area contributed by atoms with Gasteiger partial charge in [-0.15, -0.1) is 0 Å². The second-order valence-corrected chi connectivity index (χ2v) is 7.35. The average molecular weight is 364 g/mol. The molecule has 2 aliphatic carbocycles. The molecule has 3 rings (SSSR count). The van der Waals surface area contributed by atoms with E-state index in [-0.39, 0.29) is 23.8 Å². The van der Waals surface area contributed by atoms with Crippen molar-refractivity contribution in [2.45, 2.75) is 69.7 Å². The Labute approximate surface area is 153 Å². The number of rotatable bonds is 9. The largest absolute Gasteiger partial charge is 0.387 e. The van der Waals surface area contributed by atoms with Crippen LogP contribution >= 0.6 is 0 Å². The highest BCUT2D eigenvalue weighted by Crippen LogP contribution is 2.38. The Bertz CT molecular complexity index is 614. The van der Waals surface area contributed by atoms with Crippen molar-refractivity contribution >= 4 is 11.8 Å². The second kappa shape index (κ2) is 9.12. The first kappa shape index (κ1) is 18.8. The van der Waals surface area contributed by atoms with Crippen molar-refractivity contribution in [1.82, 2.24) is 20.8 Å². The van der Waals surface area contributed by atoms with Gasteiger partial charge in [-0.25, -0.2) is 0 Å². The van der Waals surface area contributed by atoms with E-state index in [9.17, 15) is 9.59 Å². The van der Waals surface area contributed by atoms with Crippen LogP contribution in [0.5, 0.6) is 0 Å². The van der Waals surface area contributed by atoms with Crippen molar-refractivity contribution in [3.63, 3.8) is 0 Å². The molecule has 2 amide bonds. The Morgan fingerprint density at radius 2 is 1.96 bits per heavy atom. The molecular weight excluding hydrogens is 336 g/mol. The minimum atomic E-state index is -0.498. The summed E-state index contributed by atoms with van der Waals surface area (Å²) in [4.78, 5) is 27.9. The van der Waals surface area contributed by atoms with Gasteiger partial charge in [0, 0.05) is 31.3 Å². The molecule has 0 bridgehead atoms. The molecule has 0 spiro atoms. The zero-order chi connectivity index (χ0) is 18.4. The summed E-state index contributed by atoms with van der Waals surface area (Å²) in [5.74, 6) is 1.77. The third-order valence-electron chi connectivity index (χ3n) is 5.18. The lowest BCUT2D eigenvalue weighted by Crippen LogP contribution is -2.46. The van der Waals surface area contributed by atoms with E-state index in [1.54, 1.807) is 0 Å². The Kier molecular flexibility index (Phi) is 6.60. The zero-order valence-electron chi connectivity index (χ0n) is 15.1. The fraction of sp³-hybridized carbons (Fsp3) is 0.778. The van der Waals surface area contributed by atoms with Crippen molar-refractivity contribution in [3.05, 3.63) is 11.7 Å². The molecule has 8 nitrogen and oxygen atoms in total. The fourth-order valence-corrected chi connectivity index (χ4v) is 3.50. The Morgan fingerprint density at radius 1 is 1.15 bits per heavy atom. The van der Waals surface area contributed by atoms with Crippen LogP contribution in [-0.2, 0) is 16.0 Å². The molecule has 0 aliphatic heterocycles. The number of hydrogen-bond acceptors (Lipinski definition) is 6. The summed E-state index contributed by atoms with van der Waals surface area (Å²) < 4.78 is 5.23. The van der Waals surface area contributed by atoms with Crippen LogP contribution in [-0.4, -0.2) is 46.3 Å². The Morgan fingerprint density at radius 3 is 2.73 bits per heavy atom. The molecule has 1 heterocycles. The van der Waals surface area contributed by atoms with Crippen LogP contribution < -0.4 is 10.6 Å². The second-order valence-electron chi connectivity index (χ2n) is 7.35. The van der Waals surface area contributed by atoms with Gasteiger partial charge >= 0.3 is 0 Å². The molecule has 8 heteroatoms. The normalized spacial score (nSPS) is 22.8. The Balaban J connectivity index is 1.38. The fourth-order valence-electron chi connectivity index (χ4n) is 3.50. The quantitative estimate of drug-likeness (QED) is 0.603. The highest BCUT2D eigenvalue weighted by atomic mass is 16.5. The first-order valence-electron chi connectivity index (χ1n) is 9.65. The number of nitrogens with zero attached hydrogens (tertiary/aromatic N) is 2. The smallest absolute Gasteiger partial charge is 0.245 e. The number of aliphatic hydroxyl groups excluding tert-OH is 1. The number of aliphatic hydroxyl groups is 1. The number of carbonyl (C=O) groups excluding carboxylic acids is 2. The van der Waals surface area contributed by atoms with Crippen molar-refractivity contribution < 1.29 is 19.2 Å². The molecule has 3 N–H and O–H groups in total. The van der Waals surface area contributed by atoms with Gasteiger partial charge < -0.3 is 20.3 Å². The molecule has 1 aromatic rings. The van der Waals surface area contributed by atoms with Crippen molar-refractivity contribution in [2.75, 3.05) is 13.2 Å². The molecule has 144 valence electrons. The standard InChI is InChI=1S/C18H28N4O4/c23-11-16(25)19-10-13-4-1-2-5-14(13)20-15(24)6-3-7-17-21-18(22-26-17)12-8-9-12/h12-14,23H,1-11H2,(H,19,25)(H,20,24). The highest BCUT2D eigenvalue weighted by Gasteiger charge is 2.29. The van der Waals surface area contributed by atoms with Gasteiger partial charge in [-0.3, -0.25) is 9.59 Å². The third kappa shape index (κ3) is 5.52. The first-order chi connectivity index (χ1) is 12.7. The van der Waals surface area contributed by atoms with Crippen LogP contribution in [0.3, 0.4) is 0 Å². The van der Waals surface area contributed by atoms with Crippen molar-refractivity contribution in [1.29, 1.82) is 0 Å². The van der Waals surface area contributed by atoms with Crippen molar-refractivity contribution in [3.8, 4) is 0 Å². The van der Waals surface area contributed by atoms with Gasteiger partial charge in [0.05, 0.1) is 0 Å². The van der Waals surface area contributed by atoms with E-state index in [4.69, 9.17) is 9.63 Å². The molecule has 0 aromatic carbocycles. The predicted molar refractivity (Wildman–Crippen MR) is 93.2 cm³/mol. The van der Waals surface area contributed by atoms with E-state index in [0.717, 1.165) is 44.3 Å². The van der Waals surface area contributed by atoms with Crippen LogP contribution in [0.2, 0.25) is 0 Å². The molecule has 0 radical (unpaired) electrons. The summed E-state index contributed by atoms with van der Waals surface area (Å²) in [7, 11) is 0. The summed E-state index contributed by atoms with van der Waals surface area (Å²) in [6.45, 7) is -0.00184. The molecule has 2 saturated carbocycles.